The SMILES string of the molecule is COC(=O)N1CCCC(Nc2cnn(-c3cccc(C(F)(F)F)c3)c(=O)c2Cl)C1. The summed E-state index contributed by atoms with van der Waals surface area (Å²) >= 11 is 6.16. The Hall–Kier alpha value is -2.75. The molecule has 2 aromatic rings. The van der Waals surface area contributed by atoms with Gasteiger partial charge in [0, 0.05) is 19.1 Å². The van der Waals surface area contributed by atoms with Crippen LogP contribution in [0.15, 0.2) is 35.3 Å². The van der Waals surface area contributed by atoms with Gasteiger partial charge >= 0.3 is 12.3 Å². The molecule has 1 atom stereocenters. The van der Waals surface area contributed by atoms with Gasteiger partial charge in [0.25, 0.3) is 5.56 Å². The van der Waals surface area contributed by atoms with Crippen molar-refractivity contribution in [2.75, 3.05) is 25.5 Å². The number of halogens is 4. The number of rotatable bonds is 3. The Morgan fingerprint density at radius 3 is 2.83 bits per heavy atom. The Labute approximate surface area is 169 Å². The van der Waals surface area contributed by atoms with Crippen molar-refractivity contribution in [2.45, 2.75) is 25.1 Å². The van der Waals surface area contributed by atoms with Gasteiger partial charge in [-0.25, -0.2) is 4.79 Å². The maximum Gasteiger partial charge on any atom is 0.416 e. The van der Waals surface area contributed by atoms with Gasteiger partial charge in [-0.05, 0) is 31.0 Å². The number of alkyl halides is 3. The molecule has 3 rings (SSSR count). The number of amides is 1. The fraction of sp³-hybridized carbons (Fsp3) is 0.389. The summed E-state index contributed by atoms with van der Waals surface area (Å²) in [5.74, 6) is 0. The quantitative estimate of drug-likeness (QED) is 0.806. The largest absolute Gasteiger partial charge is 0.453 e. The van der Waals surface area contributed by atoms with Crippen molar-refractivity contribution in [3.63, 3.8) is 0 Å². The van der Waals surface area contributed by atoms with E-state index >= 15 is 0 Å². The molecule has 0 aliphatic carbocycles. The highest BCUT2D eigenvalue weighted by Gasteiger charge is 2.31. The lowest BCUT2D eigenvalue weighted by molar-refractivity contribution is -0.137. The Balaban J connectivity index is 1.84. The molecule has 1 aliphatic heterocycles. The minimum Gasteiger partial charge on any atom is -0.453 e. The average molecular weight is 431 g/mol. The average Bonchev–Trinajstić information content (AvgIpc) is 2.70. The number of hydrogen-bond acceptors (Lipinski definition) is 5. The summed E-state index contributed by atoms with van der Waals surface area (Å²) in [7, 11) is 1.30. The third-order valence-corrected chi connectivity index (χ3v) is 4.92. The number of nitrogens with zero attached hydrogens (tertiary/aromatic N) is 3. The summed E-state index contributed by atoms with van der Waals surface area (Å²) in [6.07, 6.45) is -2.24. The number of piperidine rings is 1. The van der Waals surface area contributed by atoms with Gasteiger partial charge in [-0.2, -0.15) is 23.0 Å². The molecule has 11 heteroatoms. The van der Waals surface area contributed by atoms with Crippen LogP contribution in [0, 0.1) is 0 Å². The molecule has 0 saturated carbocycles. The Morgan fingerprint density at radius 1 is 1.38 bits per heavy atom. The number of hydrogen-bond donors (Lipinski definition) is 1. The lowest BCUT2D eigenvalue weighted by Gasteiger charge is -2.32. The smallest absolute Gasteiger partial charge is 0.416 e. The summed E-state index contributed by atoms with van der Waals surface area (Å²) in [5, 5.41) is 6.83. The van der Waals surface area contributed by atoms with Crippen molar-refractivity contribution in [3.8, 4) is 5.69 Å². The lowest BCUT2D eigenvalue weighted by atomic mass is 10.1. The van der Waals surface area contributed by atoms with Crippen LogP contribution in [-0.2, 0) is 10.9 Å². The highest BCUT2D eigenvalue weighted by molar-refractivity contribution is 6.33. The molecular weight excluding hydrogens is 413 g/mol. The van der Waals surface area contributed by atoms with Gasteiger partial charge < -0.3 is 15.0 Å². The van der Waals surface area contributed by atoms with Crippen LogP contribution in [0.1, 0.15) is 18.4 Å². The summed E-state index contributed by atoms with van der Waals surface area (Å²) in [6, 6.07) is 4.08. The predicted octanol–water partition coefficient (Wildman–Crippen LogP) is 3.55. The van der Waals surface area contributed by atoms with Gasteiger partial charge in [-0.3, -0.25) is 4.79 Å². The van der Waals surface area contributed by atoms with Gasteiger partial charge in [-0.1, -0.05) is 17.7 Å². The molecule has 1 amide bonds. The van der Waals surface area contributed by atoms with E-state index < -0.39 is 23.4 Å². The number of benzene rings is 1. The molecule has 2 heterocycles. The van der Waals surface area contributed by atoms with Crippen molar-refractivity contribution >= 4 is 23.4 Å². The molecule has 1 fully saturated rings. The van der Waals surface area contributed by atoms with E-state index in [1.54, 1.807) is 0 Å². The van der Waals surface area contributed by atoms with Crippen LogP contribution in [0.3, 0.4) is 0 Å². The van der Waals surface area contributed by atoms with Crippen molar-refractivity contribution in [2.24, 2.45) is 0 Å². The van der Waals surface area contributed by atoms with Crippen LogP contribution in [0.4, 0.5) is 23.7 Å². The molecule has 1 aromatic heterocycles. The van der Waals surface area contributed by atoms with Crippen LogP contribution in [0.25, 0.3) is 5.69 Å². The number of methoxy groups -OCH3 is 1. The molecular formula is C18H18ClF3N4O3. The van der Waals surface area contributed by atoms with Gasteiger partial charge in [0.2, 0.25) is 0 Å². The van der Waals surface area contributed by atoms with Gasteiger partial charge in [-0.15, -0.1) is 0 Å². The highest BCUT2D eigenvalue weighted by atomic mass is 35.5. The van der Waals surface area contributed by atoms with Gasteiger partial charge in [0.05, 0.1) is 30.2 Å². The van der Waals surface area contributed by atoms with E-state index in [9.17, 15) is 22.8 Å². The van der Waals surface area contributed by atoms with Crippen LogP contribution in [0.2, 0.25) is 5.02 Å². The monoisotopic (exact) mass is 430 g/mol. The molecule has 29 heavy (non-hydrogen) atoms. The van der Waals surface area contributed by atoms with E-state index in [1.165, 1.54) is 30.3 Å². The van der Waals surface area contributed by atoms with Crippen molar-refractivity contribution in [3.05, 3.63) is 51.4 Å². The first kappa shape index (κ1) is 21.0. The first-order valence-corrected chi connectivity index (χ1v) is 9.13. The fourth-order valence-corrected chi connectivity index (χ4v) is 3.32. The fourth-order valence-electron chi connectivity index (χ4n) is 3.14. The van der Waals surface area contributed by atoms with E-state index in [4.69, 9.17) is 16.3 Å². The van der Waals surface area contributed by atoms with Gasteiger partial charge in [0.1, 0.15) is 5.02 Å². The minimum absolute atomic E-state index is 0.0483. The topological polar surface area (TPSA) is 76.5 Å². The molecule has 0 radical (unpaired) electrons. The summed E-state index contributed by atoms with van der Waals surface area (Å²) in [6.45, 7) is 0.924. The van der Waals surface area contributed by atoms with Crippen LogP contribution in [-0.4, -0.2) is 47.0 Å². The molecule has 156 valence electrons. The van der Waals surface area contributed by atoms with E-state index in [0.717, 1.165) is 29.7 Å². The number of likely N-dealkylation sites (tertiary alicyclic amines) is 1. The van der Waals surface area contributed by atoms with Crippen LogP contribution >= 0.6 is 11.6 Å². The van der Waals surface area contributed by atoms with E-state index in [2.05, 4.69) is 10.4 Å². The van der Waals surface area contributed by atoms with E-state index in [1.807, 2.05) is 0 Å². The zero-order valence-corrected chi connectivity index (χ0v) is 16.1. The molecule has 1 saturated heterocycles. The third kappa shape index (κ3) is 4.64. The first-order valence-electron chi connectivity index (χ1n) is 8.75. The van der Waals surface area contributed by atoms with Crippen LogP contribution < -0.4 is 10.9 Å². The number of ether oxygens (including phenoxy) is 1. The first-order chi connectivity index (χ1) is 13.7. The second-order valence-corrected chi connectivity index (χ2v) is 6.91. The zero-order chi connectivity index (χ0) is 21.2. The zero-order valence-electron chi connectivity index (χ0n) is 15.4. The van der Waals surface area contributed by atoms with E-state index in [-0.39, 0.29) is 22.4 Å². The number of anilines is 1. The Kier molecular flexibility index (Phi) is 6.02. The third-order valence-electron chi connectivity index (χ3n) is 4.55. The molecule has 1 N–H and O–H groups in total. The number of carbonyl (C=O) groups excluding carboxylic acids is 1. The number of carbonyl (C=O) groups is 1. The molecule has 7 nitrogen and oxygen atoms in total. The van der Waals surface area contributed by atoms with Crippen molar-refractivity contribution in [1.29, 1.82) is 0 Å². The molecule has 0 spiro atoms. The van der Waals surface area contributed by atoms with Gasteiger partial charge in [0.15, 0.2) is 0 Å². The number of nitrogens with one attached hydrogen (secondary N) is 1. The Bertz CT molecular complexity index is 964. The minimum atomic E-state index is -4.54. The maximum atomic E-state index is 12.9. The summed E-state index contributed by atoms with van der Waals surface area (Å²) in [5.41, 5.74) is -1.45. The Morgan fingerprint density at radius 2 is 2.14 bits per heavy atom. The maximum absolute atomic E-state index is 12.9. The molecule has 1 unspecified atom stereocenters. The van der Waals surface area contributed by atoms with Crippen molar-refractivity contribution < 1.29 is 22.7 Å². The second kappa shape index (κ2) is 8.32. The molecule has 0 bridgehead atoms. The number of aromatic nitrogens is 2. The summed E-state index contributed by atoms with van der Waals surface area (Å²) < 4.78 is 44.3. The standard InChI is InChI=1S/C18H18ClF3N4O3/c1-29-17(28)25-7-3-5-12(10-25)24-14-9-23-26(16(27)15(14)19)13-6-2-4-11(8-13)18(20,21)22/h2,4,6,8-9,12,24H,3,5,7,10H2,1H3. The highest BCUT2D eigenvalue weighted by Crippen LogP contribution is 2.30. The summed E-state index contributed by atoms with van der Waals surface area (Å²) in [4.78, 5) is 25.8. The lowest BCUT2D eigenvalue weighted by Crippen LogP contribution is -2.45. The molecule has 1 aliphatic rings. The second-order valence-electron chi connectivity index (χ2n) is 6.54. The predicted molar refractivity (Wildman–Crippen MR) is 100 cm³/mol. The van der Waals surface area contributed by atoms with E-state index in [0.29, 0.717) is 13.1 Å². The normalized spacial score (nSPS) is 17.1. The molecule has 1 aromatic carbocycles. The van der Waals surface area contributed by atoms with Crippen molar-refractivity contribution in [1.82, 2.24) is 14.7 Å². The van der Waals surface area contributed by atoms with Crippen LogP contribution in [0.5, 0.6) is 0 Å².